The number of ether oxygens (including phenoxy) is 1. The minimum atomic E-state index is -4.62. The van der Waals surface area contributed by atoms with Crippen molar-refractivity contribution in [3.8, 4) is 5.75 Å². The SMILES string of the molecule is CC(Oc1ccccc1C(F)(F)F)C(=O)N1CC(C(=O)O)c2ccccc21. The second-order valence-corrected chi connectivity index (χ2v) is 6.15. The largest absolute Gasteiger partial charge is 0.481 e. The van der Waals surface area contributed by atoms with Gasteiger partial charge in [0.25, 0.3) is 5.91 Å². The third-order valence-corrected chi connectivity index (χ3v) is 4.38. The van der Waals surface area contributed by atoms with Crippen LogP contribution < -0.4 is 9.64 Å². The first-order valence-corrected chi connectivity index (χ1v) is 8.16. The maximum atomic E-state index is 13.1. The van der Waals surface area contributed by atoms with E-state index in [0.29, 0.717) is 11.3 Å². The number of benzene rings is 2. The van der Waals surface area contributed by atoms with Crippen LogP contribution in [0.1, 0.15) is 24.0 Å². The van der Waals surface area contributed by atoms with E-state index in [1.165, 1.54) is 24.0 Å². The zero-order chi connectivity index (χ0) is 19.8. The number of aliphatic carboxylic acids is 1. The van der Waals surface area contributed by atoms with Gasteiger partial charge in [-0.2, -0.15) is 13.2 Å². The van der Waals surface area contributed by atoms with E-state index in [1.54, 1.807) is 24.3 Å². The molecule has 8 heteroatoms. The minimum absolute atomic E-state index is 0.0951. The Hall–Kier alpha value is -3.03. The van der Waals surface area contributed by atoms with Crippen molar-refractivity contribution in [2.45, 2.75) is 25.1 Å². The monoisotopic (exact) mass is 379 g/mol. The number of nitrogens with zero attached hydrogens (tertiary/aromatic N) is 1. The van der Waals surface area contributed by atoms with Crippen molar-refractivity contribution >= 4 is 17.6 Å². The molecule has 2 atom stereocenters. The van der Waals surface area contributed by atoms with E-state index >= 15 is 0 Å². The molecule has 1 N–H and O–H groups in total. The highest BCUT2D eigenvalue weighted by atomic mass is 19.4. The third-order valence-electron chi connectivity index (χ3n) is 4.38. The van der Waals surface area contributed by atoms with Gasteiger partial charge in [-0.3, -0.25) is 9.59 Å². The van der Waals surface area contributed by atoms with Crippen molar-refractivity contribution in [3.05, 3.63) is 59.7 Å². The summed E-state index contributed by atoms with van der Waals surface area (Å²) >= 11 is 0. The van der Waals surface area contributed by atoms with Crippen LogP contribution in [0.25, 0.3) is 0 Å². The molecule has 0 radical (unpaired) electrons. The highest BCUT2D eigenvalue weighted by Crippen LogP contribution is 2.38. The number of fused-ring (bicyclic) bond motifs is 1. The van der Waals surface area contributed by atoms with Gasteiger partial charge in [-0.25, -0.2) is 0 Å². The number of halogens is 3. The second-order valence-electron chi connectivity index (χ2n) is 6.15. The Kier molecular flexibility index (Phi) is 4.82. The predicted octanol–water partition coefficient (Wildman–Crippen LogP) is 3.69. The molecular formula is C19H16F3NO4. The van der Waals surface area contributed by atoms with Crippen LogP contribution in [0.5, 0.6) is 5.75 Å². The molecule has 2 aromatic rings. The summed E-state index contributed by atoms with van der Waals surface area (Å²) in [6.45, 7) is 1.24. The molecule has 1 heterocycles. The van der Waals surface area contributed by atoms with Gasteiger partial charge in [-0.1, -0.05) is 30.3 Å². The first kappa shape index (κ1) is 18.8. The maximum absolute atomic E-state index is 13.1. The summed E-state index contributed by atoms with van der Waals surface area (Å²) in [5, 5.41) is 9.37. The third kappa shape index (κ3) is 3.60. The number of anilines is 1. The van der Waals surface area contributed by atoms with E-state index in [4.69, 9.17) is 4.74 Å². The number of hydrogen-bond acceptors (Lipinski definition) is 3. The lowest BCUT2D eigenvalue weighted by Gasteiger charge is -2.23. The Morgan fingerprint density at radius 2 is 1.78 bits per heavy atom. The highest BCUT2D eigenvalue weighted by molar-refractivity contribution is 6.01. The van der Waals surface area contributed by atoms with Gasteiger partial charge < -0.3 is 14.7 Å². The zero-order valence-electron chi connectivity index (χ0n) is 14.2. The number of carboxylic acids is 1. The van der Waals surface area contributed by atoms with Crippen molar-refractivity contribution in [2.75, 3.05) is 11.4 Å². The number of hydrogen-bond donors (Lipinski definition) is 1. The lowest BCUT2D eigenvalue weighted by molar-refractivity contribution is -0.141. The second kappa shape index (κ2) is 6.94. The number of amides is 1. The van der Waals surface area contributed by atoms with Crippen molar-refractivity contribution in [1.29, 1.82) is 0 Å². The van der Waals surface area contributed by atoms with E-state index in [9.17, 15) is 27.9 Å². The van der Waals surface area contributed by atoms with Crippen LogP contribution >= 0.6 is 0 Å². The number of rotatable bonds is 4. The molecule has 0 bridgehead atoms. The molecule has 0 spiro atoms. The summed E-state index contributed by atoms with van der Waals surface area (Å²) in [6.07, 6.45) is -5.84. The highest BCUT2D eigenvalue weighted by Gasteiger charge is 2.39. The van der Waals surface area contributed by atoms with E-state index < -0.39 is 41.4 Å². The average Bonchev–Trinajstić information content (AvgIpc) is 3.00. The van der Waals surface area contributed by atoms with E-state index in [1.807, 2.05) is 0 Å². The summed E-state index contributed by atoms with van der Waals surface area (Å²) in [4.78, 5) is 25.5. The van der Waals surface area contributed by atoms with Gasteiger partial charge in [0.1, 0.15) is 11.7 Å². The van der Waals surface area contributed by atoms with Gasteiger partial charge in [0, 0.05) is 12.2 Å². The summed E-state index contributed by atoms with van der Waals surface area (Å²) in [5.74, 6) is -3.02. The van der Waals surface area contributed by atoms with Gasteiger partial charge in [0.15, 0.2) is 6.10 Å². The molecule has 5 nitrogen and oxygen atoms in total. The Bertz CT molecular complexity index is 881. The fourth-order valence-corrected chi connectivity index (χ4v) is 3.09. The van der Waals surface area contributed by atoms with Crippen molar-refractivity contribution in [3.63, 3.8) is 0 Å². The molecule has 0 aliphatic carbocycles. The molecule has 2 unspecified atom stereocenters. The molecule has 1 amide bonds. The average molecular weight is 379 g/mol. The van der Waals surface area contributed by atoms with Gasteiger partial charge in [0.05, 0.1) is 5.56 Å². The fraction of sp³-hybridized carbons (Fsp3) is 0.263. The molecule has 3 rings (SSSR count). The standard InChI is InChI=1S/C19H16F3NO4/c1-11(27-16-9-5-3-7-14(16)19(20,21)22)17(24)23-10-13(18(25)26)12-6-2-4-8-15(12)23/h2-9,11,13H,10H2,1H3,(H,25,26). The van der Waals surface area contributed by atoms with E-state index in [2.05, 4.69) is 0 Å². The molecule has 1 aliphatic rings. The summed E-state index contributed by atoms with van der Waals surface area (Å²) < 4.78 is 44.6. The lowest BCUT2D eigenvalue weighted by Crippen LogP contribution is -2.40. The minimum Gasteiger partial charge on any atom is -0.481 e. The smallest absolute Gasteiger partial charge is 0.419 e. The number of para-hydroxylation sites is 2. The molecule has 0 fully saturated rings. The molecule has 142 valence electrons. The van der Waals surface area contributed by atoms with Crippen LogP contribution in [0.15, 0.2) is 48.5 Å². The number of carboxylic acid groups (broad SMARTS) is 1. The number of alkyl halides is 3. The zero-order valence-corrected chi connectivity index (χ0v) is 14.2. The van der Waals surface area contributed by atoms with Gasteiger partial charge in [0.2, 0.25) is 0 Å². The number of carbonyl (C=O) groups is 2. The van der Waals surface area contributed by atoms with Crippen LogP contribution in [0.3, 0.4) is 0 Å². The molecule has 1 aliphatic heterocycles. The molecule has 2 aromatic carbocycles. The van der Waals surface area contributed by atoms with Crippen LogP contribution in [-0.4, -0.2) is 29.6 Å². The van der Waals surface area contributed by atoms with Gasteiger partial charge in [-0.15, -0.1) is 0 Å². The predicted molar refractivity (Wildman–Crippen MR) is 90.7 cm³/mol. The fourth-order valence-electron chi connectivity index (χ4n) is 3.09. The topological polar surface area (TPSA) is 66.8 Å². The van der Waals surface area contributed by atoms with Crippen LogP contribution in [0, 0.1) is 0 Å². The Balaban J connectivity index is 1.85. The summed E-state index contributed by atoms with van der Waals surface area (Å²) in [7, 11) is 0. The molecule has 27 heavy (non-hydrogen) atoms. The molecule has 0 saturated heterocycles. The Morgan fingerprint density at radius 3 is 2.44 bits per heavy atom. The van der Waals surface area contributed by atoms with Crippen molar-refractivity contribution in [2.24, 2.45) is 0 Å². The Labute approximate surface area is 153 Å². The van der Waals surface area contributed by atoms with Crippen molar-refractivity contribution in [1.82, 2.24) is 0 Å². The summed E-state index contributed by atoms with van der Waals surface area (Å²) in [5.41, 5.74) is -0.0643. The van der Waals surface area contributed by atoms with Crippen LogP contribution in [0.4, 0.5) is 18.9 Å². The first-order valence-electron chi connectivity index (χ1n) is 8.16. The Morgan fingerprint density at radius 1 is 1.15 bits per heavy atom. The summed E-state index contributed by atoms with van der Waals surface area (Å²) in [6, 6.07) is 11.2. The molecule has 0 saturated carbocycles. The van der Waals surface area contributed by atoms with Crippen LogP contribution in [-0.2, 0) is 15.8 Å². The lowest BCUT2D eigenvalue weighted by atomic mass is 10.0. The van der Waals surface area contributed by atoms with Crippen molar-refractivity contribution < 1.29 is 32.6 Å². The first-order chi connectivity index (χ1) is 12.7. The molecular weight excluding hydrogens is 363 g/mol. The maximum Gasteiger partial charge on any atom is 0.419 e. The van der Waals surface area contributed by atoms with Gasteiger partial charge >= 0.3 is 12.1 Å². The number of carbonyl (C=O) groups excluding carboxylic acids is 1. The van der Waals surface area contributed by atoms with Crippen LogP contribution in [0.2, 0.25) is 0 Å². The van der Waals surface area contributed by atoms with E-state index in [0.717, 1.165) is 12.1 Å². The van der Waals surface area contributed by atoms with Gasteiger partial charge in [-0.05, 0) is 30.7 Å². The van der Waals surface area contributed by atoms with E-state index in [-0.39, 0.29) is 6.54 Å². The normalized spacial score (nSPS) is 17.3. The molecule has 0 aromatic heterocycles. The quantitative estimate of drug-likeness (QED) is 0.880.